The van der Waals surface area contributed by atoms with Crippen LogP contribution in [0.4, 0.5) is 17.2 Å². The fraction of sp³-hybridized carbons (Fsp3) is 0.143. The number of nitrogens with zero attached hydrogens (tertiary/aromatic N) is 1. The molecule has 0 atom stereocenters. The number of aromatic nitrogens is 1. The molecule has 0 aliphatic rings. The minimum Gasteiger partial charge on any atom is -0.340 e. The Morgan fingerprint density at radius 2 is 1.88 bits per heavy atom. The summed E-state index contributed by atoms with van der Waals surface area (Å²) in [7, 11) is 0. The number of pyridine rings is 1. The molecule has 4 nitrogen and oxygen atoms in total. The first-order valence-electron chi connectivity index (χ1n) is 8.35. The van der Waals surface area contributed by atoms with E-state index in [0.717, 1.165) is 22.4 Å². The van der Waals surface area contributed by atoms with Crippen LogP contribution in [-0.2, 0) is 11.2 Å². The Hall–Kier alpha value is -2.85. The van der Waals surface area contributed by atoms with Crippen LogP contribution in [0.5, 0.6) is 0 Å². The largest absolute Gasteiger partial charge is 0.340 e. The molecule has 2 aromatic carbocycles. The van der Waals surface area contributed by atoms with Crippen LogP contribution < -0.4 is 10.6 Å². The van der Waals surface area contributed by atoms with Crippen molar-refractivity contribution in [1.29, 1.82) is 0 Å². The first-order chi connectivity index (χ1) is 12.5. The van der Waals surface area contributed by atoms with Crippen molar-refractivity contribution in [2.75, 3.05) is 10.6 Å². The molecule has 2 N–H and O–H groups in total. The molecule has 26 heavy (non-hydrogen) atoms. The van der Waals surface area contributed by atoms with Crippen molar-refractivity contribution in [1.82, 2.24) is 4.98 Å². The number of nitrogens with one attached hydrogen (secondary N) is 2. The van der Waals surface area contributed by atoms with Crippen LogP contribution >= 0.6 is 11.6 Å². The van der Waals surface area contributed by atoms with E-state index in [-0.39, 0.29) is 5.91 Å². The first kappa shape index (κ1) is 18.0. The molecule has 0 radical (unpaired) electrons. The summed E-state index contributed by atoms with van der Waals surface area (Å²) < 4.78 is 0. The predicted molar refractivity (Wildman–Crippen MR) is 107 cm³/mol. The van der Waals surface area contributed by atoms with Gasteiger partial charge in [0.1, 0.15) is 5.82 Å². The van der Waals surface area contributed by atoms with Crippen LogP contribution in [0.3, 0.4) is 0 Å². The van der Waals surface area contributed by atoms with E-state index in [4.69, 9.17) is 11.6 Å². The zero-order valence-electron chi connectivity index (χ0n) is 14.7. The van der Waals surface area contributed by atoms with Crippen LogP contribution in [0.1, 0.15) is 16.7 Å². The quantitative estimate of drug-likeness (QED) is 0.647. The minimum absolute atomic E-state index is 0.0659. The van der Waals surface area contributed by atoms with E-state index < -0.39 is 0 Å². The standard InChI is InChI=1S/C21H20ClN3O/c1-14-5-3-6-16(11-14)12-21(26)24-17-9-10-20(23-13-17)25-19-8-4-7-18(22)15(19)2/h3-11,13H,12H2,1-2H3,(H,23,25)(H,24,26). The van der Waals surface area contributed by atoms with Gasteiger partial charge < -0.3 is 10.6 Å². The van der Waals surface area contributed by atoms with Crippen molar-refractivity contribution in [2.24, 2.45) is 0 Å². The molecule has 1 aromatic heterocycles. The van der Waals surface area contributed by atoms with Crippen molar-refractivity contribution >= 4 is 34.7 Å². The fourth-order valence-corrected chi connectivity index (χ4v) is 2.81. The Labute approximate surface area is 158 Å². The summed E-state index contributed by atoms with van der Waals surface area (Å²) in [4.78, 5) is 16.5. The number of anilines is 3. The highest BCUT2D eigenvalue weighted by molar-refractivity contribution is 6.31. The first-order valence-corrected chi connectivity index (χ1v) is 8.72. The summed E-state index contributed by atoms with van der Waals surface area (Å²) in [6, 6.07) is 17.3. The zero-order chi connectivity index (χ0) is 18.5. The van der Waals surface area contributed by atoms with Gasteiger partial charge in [-0.1, -0.05) is 47.5 Å². The molecule has 0 saturated carbocycles. The van der Waals surface area contributed by atoms with Gasteiger partial charge in [-0.15, -0.1) is 0 Å². The van der Waals surface area contributed by atoms with Crippen molar-refractivity contribution < 1.29 is 4.79 Å². The third-order valence-corrected chi connectivity index (χ3v) is 4.43. The average molecular weight is 366 g/mol. The molecule has 3 rings (SSSR count). The number of aryl methyl sites for hydroxylation is 1. The topological polar surface area (TPSA) is 54.0 Å². The SMILES string of the molecule is Cc1cccc(CC(=O)Nc2ccc(Nc3cccc(Cl)c3C)nc2)c1. The van der Waals surface area contributed by atoms with Crippen LogP contribution in [-0.4, -0.2) is 10.9 Å². The van der Waals surface area contributed by atoms with E-state index in [0.29, 0.717) is 22.9 Å². The van der Waals surface area contributed by atoms with Gasteiger partial charge in [-0.05, 0) is 49.2 Å². The Bertz CT molecular complexity index is 923. The third-order valence-electron chi connectivity index (χ3n) is 4.02. The summed E-state index contributed by atoms with van der Waals surface area (Å²) in [5.41, 5.74) is 4.66. The number of amides is 1. The van der Waals surface area contributed by atoms with Gasteiger partial charge in [0, 0.05) is 10.7 Å². The van der Waals surface area contributed by atoms with Gasteiger partial charge in [0.25, 0.3) is 0 Å². The Kier molecular flexibility index (Phi) is 5.54. The zero-order valence-corrected chi connectivity index (χ0v) is 15.5. The lowest BCUT2D eigenvalue weighted by molar-refractivity contribution is -0.115. The number of hydrogen-bond acceptors (Lipinski definition) is 3. The Morgan fingerprint density at radius 3 is 2.62 bits per heavy atom. The second-order valence-corrected chi connectivity index (χ2v) is 6.59. The summed E-state index contributed by atoms with van der Waals surface area (Å²) in [5, 5.41) is 6.81. The van der Waals surface area contributed by atoms with Crippen molar-refractivity contribution in [3.05, 3.63) is 82.5 Å². The molecular weight excluding hydrogens is 346 g/mol. The molecule has 0 spiro atoms. The number of halogens is 1. The van der Waals surface area contributed by atoms with Crippen molar-refractivity contribution in [3.8, 4) is 0 Å². The summed E-state index contributed by atoms with van der Waals surface area (Å²) >= 11 is 6.13. The monoisotopic (exact) mass is 365 g/mol. The predicted octanol–water partition coefficient (Wildman–Crippen LogP) is 5.28. The van der Waals surface area contributed by atoms with Crippen LogP contribution in [0.25, 0.3) is 0 Å². The second-order valence-electron chi connectivity index (χ2n) is 6.18. The molecule has 1 amide bonds. The molecule has 0 fully saturated rings. The second kappa shape index (κ2) is 8.02. The molecule has 132 valence electrons. The van der Waals surface area contributed by atoms with Gasteiger partial charge in [-0.2, -0.15) is 0 Å². The lowest BCUT2D eigenvalue weighted by Gasteiger charge is -2.11. The highest BCUT2D eigenvalue weighted by Gasteiger charge is 2.06. The molecule has 0 unspecified atom stereocenters. The van der Waals surface area contributed by atoms with E-state index >= 15 is 0 Å². The summed E-state index contributed by atoms with van der Waals surface area (Å²) in [6.45, 7) is 3.96. The van der Waals surface area contributed by atoms with Crippen LogP contribution in [0.15, 0.2) is 60.8 Å². The van der Waals surface area contributed by atoms with Crippen molar-refractivity contribution in [2.45, 2.75) is 20.3 Å². The Balaban J connectivity index is 1.62. The van der Waals surface area contributed by atoms with Gasteiger partial charge in [-0.25, -0.2) is 4.98 Å². The van der Waals surface area contributed by atoms with Gasteiger partial charge in [0.05, 0.1) is 18.3 Å². The Morgan fingerprint density at radius 1 is 1.08 bits per heavy atom. The average Bonchev–Trinajstić information content (AvgIpc) is 2.60. The van der Waals surface area contributed by atoms with Gasteiger partial charge in [0.2, 0.25) is 5.91 Å². The van der Waals surface area contributed by atoms with E-state index in [9.17, 15) is 4.79 Å². The van der Waals surface area contributed by atoms with Gasteiger partial charge in [-0.3, -0.25) is 4.79 Å². The molecule has 0 bridgehead atoms. The molecular formula is C21H20ClN3O. The van der Waals surface area contributed by atoms with Gasteiger partial charge in [0.15, 0.2) is 0 Å². The van der Waals surface area contributed by atoms with Gasteiger partial charge >= 0.3 is 0 Å². The lowest BCUT2D eigenvalue weighted by Crippen LogP contribution is -2.14. The lowest BCUT2D eigenvalue weighted by atomic mass is 10.1. The maximum atomic E-state index is 12.2. The molecule has 1 heterocycles. The number of carbonyl (C=O) groups is 1. The molecule has 0 aliphatic carbocycles. The normalized spacial score (nSPS) is 10.4. The van der Waals surface area contributed by atoms with Crippen molar-refractivity contribution in [3.63, 3.8) is 0 Å². The number of benzene rings is 2. The molecule has 0 aliphatic heterocycles. The molecule has 0 saturated heterocycles. The smallest absolute Gasteiger partial charge is 0.228 e. The number of rotatable bonds is 5. The summed E-state index contributed by atoms with van der Waals surface area (Å²) in [6.07, 6.45) is 1.97. The summed E-state index contributed by atoms with van der Waals surface area (Å²) in [5.74, 6) is 0.621. The maximum Gasteiger partial charge on any atom is 0.228 e. The highest BCUT2D eigenvalue weighted by Crippen LogP contribution is 2.25. The van der Waals surface area contributed by atoms with E-state index in [1.54, 1.807) is 6.20 Å². The van der Waals surface area contributed by atoms with Crippen LogP contribution in [0, 0.1) is 13.8 Å². The molecule has 3 aromatic rings. The minimum atomic E-state index is -0.0659. The molecule has 5 heteroatoms. The number of hydrogen-bond donors (Lipinski definition) is 2. The fourth-order valence-electron chi connectivity index (χ4n) is 2.64. The maximum absolute atomic E-state index is 12.2. The number of carbonyl (C=O) groups excluding carboxylic acids is 1. The highest BCUT2D eigenvalue weighted by atomic mass is 35.5. The van der Waals surface area contributed by atoms with Crippen LogP contribution in [0.2, 0.25) is 5.02 Å². The van der Waals surface area contributed by atoms with E-state index in [1.165, 1.54) is 0 Å². The van der Waals surface area contributed by atoms with E-state index in [2.05, 4.69) is 15.6 Å². The van der Waals surface area contributed by atoms with E-state index in [1.807, 2.05) is 68.4 Å². The third kappa shape index (κ3) is 4.61.